The van der Waals surface area contributed by atoms with Crippen molar-refractivity contribution in [1.82, 2.24) is 9.78 Å². The van der Waals surface area contributed by atoms with Gasteiger partial charge in [-0.15, -0.1) is 0 Å². The van der Waals surface area contributed by atoms with Gasteiger partial charge in [0, 0.05) is 17.8 Å². The maximum absolute atomic E-state index is 12.8. The highest BCUT2D eigenvalue weighted by molar-refractivity contribution is 9.10. The lowest BCUT2D eigenvalue weighted by Crippen LogP contribution is -2.25. The van der Waals surface area contributed by atoms with E-state index in [1.807, 2.05) is 46.8 Å². The first-order valence-electron chi connectivity index (χ1n) is 10.5. The van der Waals surface area contributed by atoms with Crippen LogP contribution in [0.5, 0.6) is 11.5 Å². The number of hydrogen-bond donors (Lipinski definition) is 1. The second-order valence-corrected chi connectivity index (χ2v) is 9.13. The maximum Gasteiger partial charge on any atom is 0.275 e. The fourth-order valence-corrected chi connectivity index (χ4v) is 3.80. The normalized spacial score (nSPS) is 11.8. The molecule has 0 saturated carbocycles. The first-order chi connectivity index (χ1) is 15.5. The van der Waals surface area contributed by atoms with E-state index in [0.29, 0.717) is 18.0 Å². The lowest BCUT2D eigenvalue weighted by molar-refractivity contribution is -0.384. The second-order valence-electron chi connectivity index (χ2n) is 8.34. The summed E-state index contributed by atoms with van der Waals surface area (Å²) in [7, 11) is 0. The molecule has 2 aromatic carbocycles. The Morgan fingerprint density at radius 3 is 2.48 bits per heavy atom. The Balaban J connectivity index is 1.84. The summed E-state index contributed by atoms with van der Waals surface area (Å²) in [4.78, 5) is 23.8. The number of hydrogen-bond acceptors (Lipinski definition) is 5. The van der Waals surface area contributed by atoms with Gasteiger partial charge in [-0.05, 0) is 73.3 Å². The van der Waals surface area contributed by atoms with Crippen LogP contribution < -0.4 is 10.1 Å². The highest BCUT2D eigenvalue weighted by Crippen LogP contribution is 2.33. The molecule has 1 unspecified atom stereocenters. The molecule has 174 valence electrons. The summed E-state index contributed by atoms with van der Waals surface area (Å²) in [6.45, 7) is 11.9. The van der Waals surface area contributed by atoms with E-state index in [0.717, 1.165) is 32.6 Å². The third-order valence-electron chi connectivity index (χ3n) is 5.55. The number of carbonyl (C=O) groups is 1. The van der Waals surface area contributed by atoms with Crippen molar-refractivity contribution in [2.45, 2.75) is 48.1 Å². The number of amides is 1. The van der Waals surface area contributed by atoms with Crippen LogP contribution in [-0.4, -0.2) is 20.6 Å². The van der Waals surface area contributed by atoms with E-state index in [1.54, 1.807) is 17.7 Å². The predicted molar refractivity (Wildman–Crippen MR) is 131 cm³/mol. The van der Waals surface area contributed by atoms with Crippen LogP contribution in [-0.2, 0) is 11.3 Å². The Morgan fingerprint density at radius 1 is 1.18 bits per heavy atom. The predicted octanol–water partition coefficient (Wildman–Crippen LogP) is 6.16. The molecule has 0 radical (unpaired) electrons. The topological polar surface area (TPSA) is 99.3 Å². The number of aryl methyl sites for hydroxylation is 3. The third-order valence-corrected chi connectivity index (χ3v) is 6.70. The minimum Gasteiger partial charge on any atom is -0.457 e. The molecule has 0 aliphatic rings. The molecule has 0 fully saturated rings. The van der Waals surface area contributed by atoms with Crippen LogP contribution in [0.3, 0.4) is 0 Å². The summed E-state index contributed by atoms with van der Waals surface area (Å²) in [6.07, 6.45) is 0. The fraction of sp³-hybridized carbons (Fsp3) is 0.333. The molecular weight excluding hydrogens is 488 g/mol. The Bertz CT molecular complexity index is 1240. The van der Waals surface area contributed by atoms with Crippen molar-refractivity contribution < 1.29 is 14.5 Å². The first kappa shape index (κ1) is 24.4. The molecule has 1 heterocycles. The number of nitro benzene ring substituents is 1. The van der Waals surface area contributed by atoms with E-state index in [4.69, 9.17) is 4.74 Å². The number of nitrogens with zero attached hydrogens (tertiary/aromatic N) is 3. The Labute approximate surface area is 201 Å². The van der Waals surface area contributed by atoms with Crippen LogP contribution in [0.4, 0.5) is 11.4 Å². The summed E-state index contributed by atoms with van der Waals surface area (Å²) in [6, 6.07) is 8.20. The molecule has 0 aliphatic carbocycles. The zero-order valence-electron chi connectivity index (χ0n) is 19.5. The Morgan fingerprint density at radius 2 is 1.88 bits per heavy atom. The molecule has 0 saturated heterocycles. The monoisotopic (exact) mass is 514 g/mol. The number of aromatic nitrogens is 2. The van der Waals surface area contributed by atoms with Gasteiger partial charge in [0.25, 0.3) is 5.69 Å². The van der Waals surface area contributed by atoms with Gasteiger partial charge in [-0.3, -0.25) is 19.6 Å². The highest BCUT2D eigenvalue weighted by atomic mass is 79.9. The van der Waals surface area contributed by atoms with Crippen molar-refractivity contribution in [3.63, 3.8) is 0 Å². The van der Waals surface area contributed by atoms with Crippen LogP contribution in [0, 0.1) is 50.7 Å². The van der Waals surface area contributed by atoms with Crippen LogP contribution >= 0.6 is 15.9 Å². The van der Waals surface area contributed by atoms with Gasteiger partial charge in [0.15, 0.2) is 0 Å². The molecule has 3 rings (SSSR count). The minimum absolute atomic E-state index is 0.167. The standard InChI is InChI=1S/C24H27BrN4O4/c1-13-7-14(2)16(4)22(8-13)33-21-10-19(9-20(11-21)29(31)32)26-24(30)15(3)12-28-18(6)23(25)17(5)27-28/h7-11,15H,12H2,1-6H3,(H,26,30). The summed E-state index contributed by atoms with van der Waals surface area (Å²) in [5, 5.41) is 18.7. The summed E-state index contributed by atoms with van der Waals surface area (Å²) in [5.74, 6) is 0.212. The molecule has 1 amide bonds. The number of anilines is 1. The molecule has 1 atom stereocenters. The van der Waals surface area contributed by atoms with E-state index in [1.165, 1.54) is 12.1 Å². The number of rotatable bonds is 7. The molecule has 0 bridgehead atoms. The van der Waals surface area contributed by atoms with E-state index < -0.39 is 10.8 Å². The molecular formula is C24H27BrN4O4. The fourth-order valence-electron chi connectivity index (χ4n) is 3.51. The number of ether oxygens (including phenoxy) is 1. The smallest absolute Gasteiger partial charge is 0.275 e. The van der Waals surface area contributed by atoms with Crippen LogP contribution in [0.25, 0.3) is 0 Å². The van der Waals surface area contributed by atoms with Gasteiger partial charge in [0.05, 0.1) is 39.3 Å². The van der Waals surface area contributed by atoms with Crippen LogP contribution in [0.1, 0.15) is 35.0 Å². The van der Waals surface area contributed by atoms with Crippen molar-refractivity contribution >= 4 is 33.2 Å². The lowest BCUT2D eigenvalue weighted by Gasteiger charge is -2.15. The zero-order valence-corrected chi connectivity index (χ0v) is 21.1. The number of nitrogens with one attached hydrogen (secondary N) is 1. The second kappa shape index (κ2) is 9.74. The molecule has 33 heavy (non-hydrogen) atoms. The average molecular weight is 515 g/mol. The van der Waals surface area contributed by atoms with E-state index in [-0.39, 0.29) is 17.3 Å². The number of halogens is 1. The number of nitro groups is 1. The molecule has 0 aliphatic heterocycles. The first-order valence-corrected chi connectivity index (χ1v) is 11.3. The molecule has 8 nitrogen and oxygen atoms in total. The van der Waals surface area contributed by atoms with Crippen LogP contribution in [0.2, 0.25) is 0 Å². The molecule has 9 heteroatoms. The van der Waals surface area contributed by atoms with Crippen molar-refractivity contribution in [2.75, 3.05) is 5.32 Å². The summed E-state index contributed by atoms with van der Waals surface area (Å²) >= 11 is 3.49. The van der Waals surface area contributed by atoms with Gasteiger partial charge in [-0.2, -0.15) is 5.10 Å². The van der Waals surface area contributed by atoms with Crippen molar-refractivity contribution in [1.29, 1.82) is 0 Å². The maximum atomic E-state index is 12.8. The van der Waals surface area contributed by atoms with E-state index in [9.17, 15) is 14.9 Å². The van der Waals surface area contributed by atoms with Crippen LogP contribution in [0.15, 0.2) is 34.8 Å². The van der Waals surface area contributed by atoms with Gasteiger partial charge >= 0.3 is 0 Å². The van der Waals surface area contributed by atoms with Gasteiger partial charge in [0.1, 0.15) is 11.5 Å². The Kier molecular flexibility index (Phi) is 7.22. The lowest BCUT2D eigenvalue weighted by atomic mass is 10.1. The average Bonchev–Trinajstić information content (AvgIpc) is 2.97. The largest absolute Gasteiger partial charge is 0.457 e. The highest BCUT2D eigenvalue weighted by Gasteiger charge is 2.19. The van der Waals surface area contributed by atoms with Gasteiger partial charge < -0.3 is 10.1 Å². The minimum atomic E-state index is -0.506. The molecule has 1 aromatic heterocycles. The van der Waals surface area contributed by atoms with Crippen molar-refractivity contribution in [3.8, 4) is 11.5 Å². The van der Waals surface area contributed by atoms with Gasteiger partial charge in [-0.25, -0.2) is 0 Å². The Hall–Kier alpha value is -3.20. The third kappa shape index (κ3) is 5.60. The molecule has 1 N–H and O–H groups in total. The van der Waals surface area contributed by atoms with Gasteiger partial charge in [0.2, 0.25) is 5.91 Å². The van der Waals surface area contributed by atoms with Crippen molar-refractivity contribution in [2.24, 2.45) is 5.92 Å². The number of non-ortho nitro benzene ring substituents is 1. The van der Waals surface area contributed by atoms with E-state index in [2.05, 4.69) is 26.3 Å². The zero-order chi connectivity index (χ0) is 24.4. The van der Waals surface area contributed by atoms with E-state index >= 15 is 0 Å². The van der Waals surface area contributed by atoms with Crippen molar-refractivity contribution in [3.05, 3.63) is 73.0 Å². The quantitative estimate of drug-likeness (QED) is 0.300. The number of carbonyl (C=O) groups excluding carboxylic acids is 1. The SMILES string of the molecule is Cc1cc(C)c(C)c(Oc2cc(NC(=O)C(C)Cn3nc(C)c(Br)c3C)cc([N+](=O)[O-])c2)c1. The molecule has 0 spiro atoms. The number of benzene rings is 2. The summed E-state index contributed by atoms with van der Waals surface area (Å²) in [5.41, 5.74) is 4.95. The summed E-state index contributed by atoms with van der Waals surface area (Å²) < 4.78 is 8.68. The molecule has 3 aromatic rings. The van der Waals surface area contributed by atoms with Gasteiger partial charge in [-0.1, -0.05) is 13.0 Å².